The Bertz CT molecular complexity index is 3930. The summed E-state index contributed by atoms with van der Waals surface area (Å²) < 4.78 is 24.0. The second kappa shape index (κ2) is 38.3. The zero-order chi connectivity index (χ0) is 72.2. The minimum atomic E-state index is -0.472. The molecule has 0 spiro atoms. The molecule has 98 heavy (non-hydrogen) atoms. The standard InChI is InChI=1S/C19H29N5O2.C18H27N5O2.C17H25N5O2.C16H22FN5O/c1-5-7-9-19(4,10-8-13(3)25)24-17-16-15(22-18(20)23-17)11-14(12-21-16)26-6-2;1-5-6-8-18(3,9-7-12(2)24)23-16-15-14(21-17(19)22-16)10-13(25-4)11-20-15;1-4-5-7-17(3,8-6-11(2)23)22-15-14-13(20-16(18)21-15)9-12(24)10-19-14;1-3-4-5-12(7-6-10(2)23)20-15-14-13(21-16(18)22-15)8-11(17)9-19-14/h11-12H,5-10H2,1-4H3,(H3,20,22,23,24);10-11H,5-9H2,1-4H3,(H3,19,21,22,23);9-10,24H,4-8H2,1-3H3,(H3,18,20,21,22);8-9,12H,3-7H2,1-2H3,(H3,18,20,21,22)/t19-;18-;17-;12-/m1011/s1. The molecule has 0 amide bonds. The molecular weight excluding hydrogens is 1250 g/mol. The maximum atomic E-state index is 13.3. The Kier molecular flexibility index (Phi) is 30.9. The van der Waals surface area contributed by atoms with Gasteiger partial charge in [-0.05, 0) is 107 Å². The molecule has 4 atom stereocenters. The number of ether oxygens (including phenoxy) is 2. The summed E-state index contributed by atoms with van der Waals surface area (Å²) in [6.07, 6.45) is 22.8. The van der Waals surface area contributed by atoms with Gasteiger partial charge in [0, 0.05) is 72.6 Å². The third kappa shape index (κ3) is 25.7. The molecule has 8 aromatic heterocycles. The fourth-order valence-corrected chi connectivity index (χ4v) is 10.8. The maximum absolute atomic E-state index is 13.3. The van der Waals surface area contributed by atoms with Crippen molar-refractivity contribution in [2.24, 2.45) is 0 Å². The molecule has 0 saturated heterocycles. The highest BCUT2D eigenvalue weighted by Gasteiger charge is 2.29. The Labute approximate surface area is 574 Å². The highest BCUT2D eigenvalue weighted by atomic mass is 19.1. The minimum absolute atomic E-state index is 0.0249. The van der Waals surface area contributed by atoms with Crippen molar-refractivity contribution in [3.05, 3.63) is 54.9 Å². The van der Waals surface area contributed by atoms with Gasteiger partial charge in [-0.25, -0.2) is 44.3 Å². The normalized spacial score (nSPS) is 13.2. The van der Waals surface area contributed by atoms with Crippen molar-refractivity contribution >= 4 is 114 Å². The van der Waals surface area contributed by atoms with Crippen LogP contribution in [-0.4, -0.2) is 124 Å². The fourth-order valence-electron chi connectivity index (χ4n) is 10.8. The van der Waals surface area contributed by atoms with E-state index in [-0.39, 0.29) is 75.3 Å². The van der Waals surface area contributed by atoms with Gasteiger partial charge in [0.15, 0.2) is 23.3 Å². The molecule has 0 aliphatic heterocycles. The summed E-state index contributed by atoms with van der Waals surface area (Å²) in [6.45, 7) is 23.7. The van der Waals surface area contributed by atoms with Crippen LogP contribution in [0.3, 0.4) is 0 Å². The number of aromatic hydroxyl groups is 1. The number of nitrogens with two attached hydrogens (primary N) is 4. The Balaban J connectivity index is 0.000000236. The smallest absolute Gasteiger partial charge is 0.222 e. The predicted octanol–water partition coefficient (Wildman–Crippen LogP) is 13.2. The summed E-state index contributed by atoms with van der Waals surface area (Å²) in [5.41, 5.74) is 26.9. The number of fused-ring (bicyclic) bond motifs is 4. The molecule has 27 nitrogen and oxygen atoms in total. The zero-order valence-corrected chi connectivity index (χ0v) is 59.5. The van der Waals surface area contributed by atoms with E-state index in [1.165, 1.54) is 18.3 Å². The molecular formula is C70H103FN20O7. The van der Waals surface area contributed by atoms with Gasteiger partial charge in [0.1, 0.15) is 84.8 Å². The van der Waals surface area contributed by atoms with Crippen LogP contribution >= 0.6 is 0 Å². The maximum Gasteiger partial charge on any atom is 0.222 e. The molecule has 13 N–H and O–H groups in total. The molecule has 8 heterocycles. The van der Waals surface area contributed by atoms with Gasteiger partial charge >= 0.3 is 0 Å². The number of ketones is 4. The lowest BCUT2D eigenvalue weighted by Crippen LogP contribution is -2.36. The van der Waals surface area contributed by atoms with Crippen molar-refractivity contribution in [3.8, 4) is 17.2 Å². The summed E-state index contributed by atoms with van der Waals surface area (Å²) in [5.74, 6) is 4.22. The van der Waals surface area contributed by atoms with E-state index < -0.39 is 5.82 Å². The number of Topliss-reactive ketones (excluding diaryl/α,β-unsaturated/α-hetero) is 4. The quantitative estimate of drug-likeness (QED) is 0.0178. The van der Waals surface area contributed by atoms with Crippen LogP contribution in [0.5, 0.6) is 17.2 Å². The summed E-state index contributed by atoms with van der Waals surface area (Å²) in [7, 11) is 1.58. The van der Waals surface area contributed by atoms with Crippen LogP contribution in [0.2, 0.25) is 0 Å². The van der Waals surface area contributed by atoms with E-state index in [1.807, 2.05) is 13.0 Å². The lowest BCUT2D eigenvalue weighted by atomic mass is 9.89. The summed E-state index contributed by atoms with van der Waals surface area (Å²) >= 11 is 0. The van der Waals surface area contributed by atoms with Crippen molar-refractivity contribution in [2.45, 2.75) is 234 Å². The van der Waals surface area contributed by atoms with Crippen LogP contribution in [0.4, 0.5) is 51.5 Å². The number of nitrogens with one attached hydrogen (secondary N) is 4. The number of hydrogen-bond acceptors (Lipinski definition) is 27. The monoisotopic (exact) mass is 1350 g/mol. The molecule has 0 bridgehead atoms. The SMILES string of the molecule is CCCC[C@@](C)(CCC(C)=O)Nc1nc(N)nc2cc(OC)cnc12.CCCC[C@H](CCC(C)=O)Nc1nc(N)nc2cc(F)cnc12.CCCC[C@](C)(CCC(C)=O)Nc1nc(N)nc2cc(O)cnc12.CCCC[C@](C)(CCC(C)=O)Nc1nc(N)nc2cc(OCC)cnc12. The number of aromatic nitrogens is 12. The molecule has 8 rings (SSSR count). The van der Waals surface area contributed by atoms with E-state index >= 15 is 0 Å². The highest BCUT2D eigenvalue weighted by Crippen LogP contribution is 2.34. The number of carbonyl (C=O) groups excluding carboxylic acids is 4. The number of methoxy groups -OCH3 is 1. The van der Waals surface area contributed by atoms with Crippen LogP contribution in [0.1, 0.15) is 212 Å². The zero-order valence-electron chi connectivity index (χ0n) is 59.5. The third-order valence-electron chi connectivity index (χ3n) is 16.3. The number of pyridine rings is 4. The Hall–Kier alpha value is -9.63. The number of carbonyl (C=O) groups is 4. The van der Waals surface area contributed by atoms with Gasteiger partial charge < -0.3 is 78.0 Å². The van der Waals surface area contributed by atoms with Crippen LogP contribution < -0.4 is 53.7 Å². The van der Waals surface area contributed by atoms with Crippen LogP contribution in [0.25, 0.3) is 44.1 Å². The van der Waals surface area contributed by atoms with Gasteiger partial charge in [0.25, 0.3) is 0 Å². The van der Waals surface area contributed by atoms with E-state index in [4.69, 9.17) is 32.4 Å². The van der Waals surface area contributed by atoms with Crippen LogP contribution in [0, 0.1) is 5.82 Å². The summed E-state index contributed by atoms with van der Waals surface area (Å²) in [6, 6.07) is 6.47. The molecule has 8 aromatic rings. The Morgan fingerprint density at radius 2 is 0.827 bits per heavy atom. The number of anilines is 8. The average molecular weight is 1360 g/mol. The molecule has 28 heteroatoms. The Morgan fingerprint density at radius 3 is 1.22 bits per heavy atom. The van der Waals surface area contributed by atoms with E-state index in [0.29, 0.717) is 124 Å². The summed E-state index contributed by atoms with van der Waals surface area (Å²) in [4.78, 5) is 96.6. The number of unbranched alkanes of at least 4 members (excludes halogenated alkanes) is 4. The second-order valence-corrected chi connectivity index (χ2v) is 25.7. The molecule has 0 aliphatic carbocycles. The average Bonchev–Trinajstić information content (AvgIpc) is 0.819. The first kappa shape index (κ1) is 79.1. The number of halogens is 1. The number of nitrogen functional groups attached to an aromatic ring is 4. The molecule has 0 fully saturated rings. The summed E-state index contributed by atoms with van der Waals surface area (Å²) in [5, 5.41) is 23.3. The van der Waals surface area contributed by atoms with Gasteiger partial charge in [0.2, 0.25) is 23.8 Å². The fraction of sp³-hybridized carbons (Fsp3) is 0.543. The molecule has 0 aliphatic rings. The number of nitrogens with zero attached hydrogens (tertiary/aromatic N) is 12. The molecule has 0 unspecified atom stereocenters. The molecule has 0 saturated carbocycles. The third-order valence-corrected chi connectivity index (χ3v) is 16.3. The van der Waals surface area contributed by atoms with Gasteiger partial charge in [-0.2, -0.15) is 19.9 Å². The van der Waals surface area contributed by atoms with Crippen molar-refractivity contribution in [1.82, 2.24) is 59.8 Å². The van der Waals surface area contributed by atoms with Gasteiger partial charge in [-0.3, -0.25) is 0 Å². The largest absolute Gasteiger partial charge is 0.506 e. The number of hydrogen-bond donors (Lipinski definition) is 9. The lowest BCUT2D eigenvalue weighted by Gasteiger charge is -2.31. The molecule has 532 valence electrons. The lowest BCUT2D eigenvalue weighted by molar-refractivity contribution is -0.118. The van der Waals surface area contributed by atoms with Crippen LogP contribution in [-0.2, 0) is 19.2 Å². The minimum Gasteiger partial charge on any atom is -0.506 e. The van der Waals surface area contributed by atoms with Crippen molar-refractivity contribution in [3.63, 3.8) is 0 Å². The van der Waals surface area contributed by atoms with Gasteiger partial charge in [0.05, 0.1) is 44.0 Å². The van der Waals surface area contributed by atoms with Gasteiger partial charge in [-0.15, -0.1) is 0 Å². The van der Waals surface area contributed by atoms with E-state index in [2.05, 4.69) is 130 Å². The van der Waals surface area contributed by atoms with Crippen molar-refractivity contribution in [2.75, 3.05) is 57.9 Å². The number of rotatable bonds is 35. The molecule has 0 radical (unpaired) electrons. The van der Waals surface area contributed by atoms with Crippen LogP contribution in [0.15, 0.2) is 49.1 Å². The predicted molar refractivity (Wildman–Crippen MR) is 388 cm³/mol. The molecule has 0 aromatic carbocycles. The highest BCUT2D eigenvalue weighted by molar-refractivity contribution is 5.90. The second-order valence-electron chi connectivity index (χ2n) is 25.7. The first-order valence-electron chi connectivity index (χ1n) is 33.9. The Morgan fingerprint density at radius 1 is 0.469 bits per heavy atom. The topological polar surface area (TPSA) is 414 Å². The first-order chi connectivity index (χ1) is 46.5. The van der Waals surface area contributed by atoms with E-state index in [0.717, 1.165) is 96.1 Å². The van der Waals surface area contributed by atoms with E-state index in [1.54, 1.807) is 53.3 Å². The van der Waals surface area contributed by atoms with E-state index in [9.17, 15) is 28.7 Å². The van der Waals surface area contributed by atoms with Crippen molar-refractivity contribution in [1.29, 1.82) is 0 Å². The van der Waals surface area contributed by atoms with Crippen molar-refractivity contribution < 1.29 is 38.1 Å². The first-order valence-corrected chi connectivity index (χ1v) is 33.9. The van der Waals surface area contributed by atoms with Gasteiger partial charge in [-0.1, -0.05) is 79.1 Å².